The second-order valence-electron chi connectivity index (χ2n) is 12.1. The Kier molecular flexibility index (Phi) is 7.74. The smallest absolute Gasteiger partial charge is 0.407 e. The Labute approximate surface area is 230 Å². The third kappa shape index (κ3) is 6.23. The topological polar surface area (TPSA) is 119 Å². The van der Waals surface area contributed by atoms with Gasteiger partial charge in [-0.3, -0.25) is 9.59 Å². The van der Waals surface area contributed by atoms with E-state index in [1.165, 1.54) is 0 Å². The molecule has 0 bridgehead atoms. The van der Waals surface area contributed by atoms with Gasteiger partial charge in [-0.05, 0) is 97.4 Å². The van der Waals surface area contributed by atoms with Crippen LogP contribution in [0.1, 0.15) is 91.7 Å². The van der Waals surface area contributed by atoms with Gasteiger partial charge >= 0.3 is 6.09 Å². The molecule has 9 nitrogen and oxygen atoms in total. The van der Waals surface area contributed by atoms with Gasteiger partial charge in [0.05, 0.1) is 0 Å². The first-order valence-corrected chi connectivity index (χ1v) is 13.7. The minimum atomic E-state index is -0.865. The SMILES string of the molecule is Cc1cc(C)c(CNC(=O)c2cc(C)c3c(c2C)OC(C)([C@H]2CC[C@H](NC(=O)OC(C)(C)C)CC2)O3)c(=O)[nH]1. The van der Waals surface area contributed by atoms with Crippen molar-refractivity contribution < 1.29 is 23.8 Å². The van der Waals surface area contributed by atoms with Gasteiger partial charge in [0.1, 0.15) is 5.60 Å². The van der Waals surface area contributed by atoms with Crippen LogP contribution in [0.4, 0.5) is 4.79 Å². The van der Waals surface area contributed by atoms with Crippen LogP contribution in [0.3, 0.4) is 0 Å². The summed E-state index contributed by atoms with van der Waals surface area (Å²) in [6, 6.07) is 3.75. The molecule has 1 fully saturated rings. The van der Waals surface area contributed by atoms with E-state index in [4.69, 9.17) is 14.2 Å². The summed E-state index contributed by atoms with van der Waals surface area (Å²) in [7, 11) is 0. The molecule has 1 saturated carbocycles. The quantitative estimate of drug-likeness (QED) is 0.486. The molecule has 1 unspecified atom stereocenters. The first kappa shape index (κ1) is 28.5. The van der Waals surface area contributed by atoms with E-state index < -0.39 is 17.5 Å². The van der Waals surface area contributed by atoms with Crippen LogP contribution >= 0.6 is 0 Å². The minimum absolute atomic E-state index is 0.0478. The number of benzene rings is 1. The Morgan fingerprint density at radius 3 is 2.28 bits per heavy atom. The van der Waals surface area contributed by atoms with Crippen molar-refractivity contribution in [2.24, 2.45) is 5.92 Å². The molecule has 1 aliphatic heterocycles. The lowest BCUT2D eigenvalue weighted by Gasteiger charge is -2.37. The van der Waals surface area contributed by atoms with E-state index >= 15 is 0 Å². The molecular weight excluding hydrogens is 498 g/mol. The number of ether oxygens (including phenoxy) is 3. The van der Waals surface area contributed by atoms with Crippen LogP contribution < -0.4 is 25.7 Å². The third-order valence-electron chi connectivity index (χ3n) is 7.63. The van der Waals surface area contributed by atoms with E-state index in [1.54, 1.807) is 0 Å². The third-order valence-corrected chi connectivity index (χ3v) is 7.63. The van der Waals surface area contributed by atoms with Crippen molar-refractivity contribution in [3.63, 3.8) is 0 Å². The summed E-state index contributed by atoms with van der Waals surface area (Å²) in [5.74, 6) is 0.223. The number of rotatable bonds is 5. The number of alkyl carbamates (subject to hydrolysis) is 1. The molecule has 212 valence electrons. The van der Waals surface area contributed by atoms with Gasteiger partial charge in [0.15, 0.2) is 11.5 Å². The van der Waals surface area contributed by atoms with Gasteiger partial charge in [-0.15, -0.1) is 0 Å². The van der Waals surface area contributed by atoms with E-state index in [0.717, 1.165) is 42.5 Å². The molecule has 1 atom stereocenters. The molecule has 1 aromatic carbocycles. The number of fused-ring (bicyclic) bond motifs is 1. The normalized spacial score (nSPS) is 22.4. The van der Waals surface area contributed by atoms with Crippen molar-refractivity contribution in [2.45, 2.75) is 105 Å². The van der Waals surface area contributed by atoms with Crippen molar-refractivity contribution in [3.8, 4) is 11.5 Å². The lowest BCUT2D eigenvalue weighted by Crippen LogP contribution is -2.48. The van der Waals surface area contributed by atoms with Gasteiger partial charge in [-0.25, -0.2) is 4.79 Å². The van der Waals surface area contributed by atoms with Gasteiger partial charge in [0.25, 0.3) is 17.3 Å². The first-order valence-electron chi connectivity index (χ1n) is 13.7. The van der Waals surface area contributed by atoms with Crippen LogP contribution in [0.5, 0.6) is 11.5 Å². The zero-order valence-electron chi connectivity index (χ0n) is 24.3. The maximum atomic E-state index is 13.2. The fourth-order valence-electron chi connectivity index (χ4n) is 5.54. The van der Waals surface area contributed by atoms with E-state index in [-0.39, 0.29) is 30.0 Å². The second kappa shape index (κ2) is 10.6. The number of hydrogen-bond donors (Lipinski definition) is 3. The molecule has 4 rings (SSSR count). The van der Waals surface area contributed by atoms with Gasteiger partial charge in [0.2, 0.25) is 0 Å². The van der Waals surface area contributed by atoms with Gasteiger partial charge in [-0.1, -0.05) is 0 Å². The molecule has 39 heavy (non-hydrogen) atoms. The van der Waals surface area contributed by atoms with Crippen LogP contribution in [0.25, 0.3) is 0 Å². The molecule has 0 spiro atoms. The van der Waals surface area contributed by atoms with Crippen LogP contribution in [0.15, 0.2) is 16.9 Å². The molecule has 9 heteroatoms. The molecule has 2 amide bonds. The summed E-state index contributed by atoms with van der Waals surface area (Å²) in [5, 5.41) is 5.87. The number of amides is 2. The Balaban J connectivity index is 1.42. The summed E-state index contributed by atoms with van der Waals surface area (Å²) in [4.78, 5) is 40.5. The summed E-state index contributed by atoms with van der Waals surface area (Å²) >= 11 is 0. The predicted molar refractivity (Wildman–Crippen MR) is 148 cm³/mol. The molecule has 2 aromatic rings. The van der Waals surface area contributed by atoms with Crippen LogP contribution in [-0.2, 0) is 11.3 Å². The van der Waals surface area contributed by atoms with Gasteiger partial charge in [-0.2, -0.15) is 0 Å². The van der Waals surface area contributed by atoms with Crippen molar-refractivity contribution in [3.05, 3.63) is 56.0 Å². The van der Waals surface area contributed by atoms with Gasteiger partial charge < -0.3 is 29.8 Å². The van der Waals surface area contributed by atoms with Crippen LogP contribution in [0.2, 0.25) is 0 Å². The number of hydrogen-bond acceptors (Lipinski definition) is 6. The standard InChI is InChI=1S/C30H41N3O6/c1-16-13-18(3)32-27(35)23(16)15-31-26(34)22-14-17(2)24-25(19(22)4)38-30(8,37-24)20-9-11-21(12-10-20)33-28(36)39-29(5,6)7/h13-14,20-21H,9-12,15H2,1-8H3,(H,31,34)(H,32,35)(H,33,36)/t20-,21-,30?. The summed E-state index contributed by atoms with van der Waals surface area (Å²) < 4.78 is 18.3. The van der Waals surface area contributed by atoms with E-state index in [0.29, 0.717) is 28.2 Å². The minimum Gasteiger partial charge on any atom is -0.448 e. The molecule has 0 saturated heterocycles. The number of aromatic nitrogens is 1. The maximum absolute atomic E-state index is 13.2. The first-order chi connectivity index (χ1) is 18.2. The average molecular weight is 540 g/mol. The van der Waals surface area contributed by atoms with Crippen molar-refractivity contribution in [1.82, 2.24) is 15.6 Å². The van der Waals surface area contributed by atoms with Crippen molar-refractivity contribution >= 4 is 12.0 Å². The van der Waals surface area contributed by atoms with Crippen molar-refractivity contribution in [1.29, 1.82) is 0 Å². The van der Waals surface area contributed by atoms with E-state index in [1.807, 2.05) is 67.5 Å². The monoisotopic (exact) mass is 539 g/mol. The highest BCUT2D eigenvalue weighted by atomic mass is 16.7. The molecule has 2 aliphatic rings. The molecule has 1 aliphatic carbocycles. The Bertz CT molecular complexity index is 1330. The maximum Gasteiger partial charge on any atom is 0.407 e. The number of carbonyl (C=O) groups excluding carboxylic acids is 2. The fraction of sp³-hybridized carbons (Fsp3) is 0.567. The zero-order valence-corrected chi connectivity index (χ0v) is 24.3. The van der Waals surface area contributed by atoms with E-state index in [9.17, 15) is 14.4 Å². The number of pyridine rings is 1. The largest absolute Gasteiger partial charge is 0.448 e. The molecule has 0 radical (unpaired) electrons. The highest BCUT2D eigenvalue weighted by Crippen LogP contribution is 2.50. The number of H-pyrrole nitrogens is 1. The highest BCUT2D eigenvalue weighted by molar-refractivity contribution is 5.97. The Morgan fingerprint density at radius 2 is 1.67 bits per heavy atom. The number of aromatic amines is 1. The van der Waals surface area contributed by atoms with Gasteiger partial charge in [0, 0.05) is 47.8 Å². The fourth-order valence-corrected chi connectivity index (χ4v) is 5.54. The Morgan fingerprint density at radius 1 is 1.03 bits per heavy atom. The zero-order chi connectivity index (χ0) is 28.7. The lowest BCUT2D eigenvalue weighted by molar-refractivity contribution is -0.121. The number of nitrogens with one attached hydrogen (secondary N) is 3. The molecular formula is C30H41N3O6. The molecule has 3 N–H and O–H groups in total. The average Bonchev–Trinajstić information content (AvgIpc) is 3.19. The second-order valence-corrected chi connectivity index (χ2v) is 12.1. The van der Waals surface area contributed by atoms with Crippen LogP contribution in [0, 0.1) is 33.6 Å². The molecule has 2 heterocycles. The van der Waals surface area contributed by atoms with Crippen LogP contribution in [-0.4, -0.2) is 34.4 Å². The Hall–Kier alpha value is -3.49. The highest BCUT2D eigenvalue weighted by Gasteiger charge is 2.47. The van der Waals surface area contributed by atoms with E-state index in [2.05, 4.69) is 15.6 Å². The summed E-state index contributed by atoms with van der Waals surface area (Å²) in [5.41, 5.74) is 3.43. The lowest BCUT2D eigenvalue weighted by atomic mass is 9.81. The summed E-state index contributed by atoms with van der Waals surface area (Å²) in [6.07, 6.45) is 2.84. The predicted octanol–water partition coefficient (Wildman–Crippen LogP) is 5.11. The van der Waals surface area contributed by atoms with Crippen molar-refractivity contribution in [2.75, 3.05) is 0 Å². The molecule has 1 aromatic heterocycles. The number of aryl methyl sites for hydroxylation is 3. The summed E-state index contributed by atoms with van der Waals surface area (Å²) in [6.45, 7) is 15.1. The number of carbonyl (C=O) groups is 2.